The van der Waals surface area contributed by atoms with Crippen LogP contribution in [-0.2, 0) is 19.0 Å². The molecule has 0 unspecified atom stereocenters. The number of aryl methyl sites for hydroxylation is 1. The number of aliphatic hydroxyl groups excluding tert-OH is 1. The fourth-order valence-corrected chi connectivity index (χ4v) is 4.87. The SMILES string of the molecule is CCCCOCCOCCOC(=O)C(C#N)=Cc1sc(N=Nc2ccc(N(CCO)C(C)C)cc2C)c(C#N)c1Cl. The van der Waals surface area contributed by atoms with E-state index in [0.717, 1.165) is 35.4 Å². The summed E-state index contributed by atoms with van der Waals surface area (Å²) in [4.78, 5) is 14.8. The van der Waals surface area contributed by atoms with Crippen LogP contribution in [0.25, 0.3) is 6.08 Å². The molecule has 0 aliphatic carbocycles. The van der Waals surface area contributed by atoms with Gasteiger partial charge in [-0.2, -0.15) is 10.5 Å². The van der Waals surface area contributed by atoms with Gasteiger partial charge in [0.05, 0.1) is 42.0 Å². The minimum atomic E-state index is -0.825. The van der Waals surface area contributed by atoms with Crippen LogP contribution in [0.15, 0.2) is 34.0 Å². The van der Waals surface area contributed by atoms with Gasteiger partial charge in [0.1, 0.15) is 29.9 Å². The third-order valence-electron chi connectivity index (χ3n) is 5.78. The van der Waals surface area contributed by atoms with Gasteiger partial charge in [-0.3, -0.25) is 0 Å². The average Bonchev–Trinajstić information content (AvgIpc) is 3.26. The van der Waals surface area contributed by atoms with Crippen LogP contribution in [0.4, 0.5) is 16.4 Å². The van der Waals surface area contributed by atoms with Crippen LogP contribution in [0.3, 0.4) is 0 Å². The van der Waals surface area contributed by atoms with Gasteiger partial charge in [0.25, 0.3) is 0 Å². The number of anilines is 1. The summed E-state index contributed by atoms with van der Waals surface area (Å²) in [6, 6.07) is 9.71. The Morgan fingerprint density at radius 2 is 1.88 bits per heavy atom. The normalized spacial score (nSPS) is 11.6. The highest BCUT2D eigenvalue weighted by Gasteiger charge is 2.19. The maximum Gasteiger partial charge on any atom is 0.349 e. The van der Waals surface area contributed by atoms with E-state index in [1.54, 1.807) is 0 Å². The summed E-state index contributed by atoms with van der Waals surface area (Å²) in [6.07, 6.45) is 3.33. The lowest BCUT2D eigenvalue weighted by molar-refractivity contribution is -0.140. The minimum absolute atomic E-state index is 0.0268. The lowest BCUT2D eigenvalue weighted by atomic mass is 10.1. The number of azo groups is 1. The Morgan fingerprint density at radius 3 is 2.49 bits per heavy atom. The number of rotatable bonds is 17. The predicted molar refractivity (Wildman–Crippen MR) is 160 cm³/mol. The van der Waals surface area contributed by atoms with Crippen molar-refractivity contribution in [2.75, 3.05) is 51.1 Å². The van der Waals surface area contributed by atoms with Gasteiger partial charge in [0.2, 0.25) is 0 Å². The van der Waals surface area contributed by atoms with E-state index in [2.05, 4.69) is 22.1 Å². The molecule has 1 heterocycles. The van der Waals surface area contributed by atoms with E-state index < -0.39 is 5.97 Å². The largest absolute Gasteiger partial charge is 0.459 e. The van der Waals surface area contributed by atoms with Crippen LogP contribution in [0, 0.1) is 29.6 Å². The second kappa shape index (κ2) is 18.2. The number of hydrogen-bond acceptors (Lipinski definition) is 11. The molecular formula is C29H36ClN5O5S. The number of halogens is 1. The van der Waals surface area contributed by atoms with E-state index >= 15 is 0 Å². The number of hydrogen-bond donors (Lipinski definition) is 1. The molecule has 0 atom stereocenters. The molecule has 0 saturated carbocycles. The van der Waals surface area contributed by atoms with Crippen LogP contribution in [0.1, 0.15) is 49.6 Å². The molecule has 12 heteroatoms. The molecule has 0 spiro atoms. The first kappa shape index (κ1) is 33.9. The molecule has 10 nitrogen and oxygen atoms in total. The van der Waals surface area contributed by atoms with Crippen molar-refractivity contribution in [1.82, 2.24) is 0 Å². The van der Waals surface area contributed by atoms with E-state index in [9.17, 15) is 20.4 Å². The first-order valence-electron chi connectivity index (χ1n) is 13.3. The van der Waals surface area contributed by atoms with Crippen molar-refractivity contribution in [3.05, 3.63) is 44.8 Å². The molecule has 0 aliphatic heterocycles. The van der Waals surface area contributed by atoms with Gasteiger partial charge in [0, 0.05) is 24.9 Å². The summed E-state index contributed by atoms with van der Waals surface area (Å²) in [5, 5.41) is 37.4. The molecule has 0 bridgehead atoms. The van der Waals surface area contributed by atoms with Gasteiger partial charge < -0.3 is 24.2 Å². The van der Waals surface area contributed by atoms with E-state index in [1.165, 1.54) is 6.08 Å². The van der Waals surface area contributed by atoms with Crippen LogP contribution < -0.4 is 4.90 Å². The summed E-state index contributed by atoms with van der Waals surface area (Å²) < 4.78 is 15.9. The van der Waals surface area contributed by atoms with E-state index in [1.807, 2.05) is 51.1 Å². The van der Waals surface area contributed by atoms with Gasteiger partial charge in [-0.1, -0.05) is 24.9 Å². The predicted octanol–water partition coefficient (Wildman–Crippen LogP) is 6.49. The van der Waals surface area contributed by atoms with Crippen molar-refractivity contribution in [3.8, 4) is 12.1 Å². The first-order chi connectivity index (χ1) is 19.8. The maximum absolute atomic E-state index is 12.4. The highest BCUT2D eigenvalue weighted by Crippen LogP contribution is 2.41. The third kappa shape index (κ3) is 10.5. The quantitative estimate of drug-likeness (QED) is 0.0713. The van der Waals surface area contributed by atoms with Gasteiger partial charge in [0.15, 0.2) is 5.00 Å². The lowest BCUT2D eigenvalue weighted by Crippen LogP contribution is -2.33. The number of benzene rings is 1. The molecule has 0 saturated heterocycles. The zero-order chi connectivity index (χ0) is 30.2. The summed E-state index contributed by atoms with van der Waals surface area (Å²) in [5.41, 5.74) is 2.23. The topological polar surface area (TPSA) is 141 Å². The van der Waals surface area contributed by atoms with Crippen molar-refractivity contribution < 1.29 is 24.1 Å². The number of carbonyl (C=O) groups is 1. The molecule has 41 heavy (non-hydrogen) atoms. The standard InChI is InChI=1S/C29H36ClN5O5S/c1-5-6-11-38-12-13-39-14-15-40-29(37)22(18-31)17-26-27(30)24(19-32)28(41-26)34-33-25-8-7-23(16-21(25)4)35(9-10-36)20(2)3/h7-8,16-17,20,36H,5-6,9-15H2,1-4H3. The van der Waals surface area contributed by atoms with Crippen LogP contribution in [0.5, 0.6) is 0 Å². The Balaban J connectivity index is 2.10. The smallest absolute Gasteiger partial charge is 0.349 e. The van der Waals surface area contributed by atoms with Crippen LogP contribution in [0.2, 0.25) is 5.02 Å². The molecular weight excluding hydrogens is 566 g/mol. The molecule has 2 aromatic rings. The van der Waals surface area contributed by atoms with Gasteiger partial charge in [-0.25, -0.2) is 4.79 Å². The fraction of sp³-hybridized carbons (Fsp3) is 0.483. The van der Waals surface area contributed by atoms with E-state index in [0.29, 0.717) is 36.9 Å². The van der Waals surface area contributed by atoms with Crippen molar-refractivity contribution >= 4 is 51.4 Å². The summed E-state index contributed by atoms with van der Waals surface area (Å²) in [5.74, 6) is -0.825. The number of carbonyl (C=O) groups excluding carboxylic acids is 1. The number of esters is 1. The van der Waals surface area contributed by atoms with Crippen molar-refractivity contribution in [2.24, 2.45) is 10.2 Å². The number of nitrogens with zero attached hydrogens (tertiary/aromatic N) is 5. The third-order valence-corrected chi connectivity index (χ3v) is 7.31. The highest BCUT2D eigenvalue weighted by atomic mass is 35.5. The van der Waals surface area contributed by atoms with Crippen molar-refractivity contribution in [2.45, 2.75) is 46.6 Å². The fourth-order valence-electron chi connectivity index (χ4n) is 3.61. The molecule has 2 rings (SSSR count). The molecule has 220 valence electrons. The highest BCUT2D eigenvalue weighted by molar-refractivity contribution is 7.17. The second-order valence-electron chi connectivity index (χ2n) is 9.14. The second-order valence-corrected chi connectivity index (χ2v) is 10.5. The van der Waals surface area contributed by atoms with E-state index in [4.69, 9.17) is 25.8 Å². The number of nitriles is 2. The Bertz CT molecular complexity index is 1300. The Kier molecular flexibility index (Phi) is 15.0. The van der Waals surface area contributed by atoms with Crippen LogP contribution >= 0.6 is 22.9 Å². The summed E-state index contributed by atoms with van der Waals surface area (Å²) >= 11 is 7.43. The number of aliphatic hydroxyl groups is 1. The molecule has 1 aromatic heterocycles. The van der Waals surface area contributed by atoms with Crippen molar-refractivity contribution in [3.63, 3.8) is 0 Å². The lowest BCUT2D eigenvalue weighted by Gasteiger charge is -2.28. The maximum atomic E-state index is 12.4. The Morgan fingerprint density at radius 1 is 1.17 bits per heavy atom. The van der Waals surface area contributed by atoms with Crippen LogP contribution in [-0.4, -0.2) is 63.3 Å². The zero-order valence-electron chi connectivity index (χ0n) is 23.9. The van der Waals surface area contributed by atoms with Gasteiger partial charge in [-0.05, 0) is 57.0 Å². The average molecular weight is 602 g/mol. The molecule has 0 amide bonds. The van der Waals surface area contributed by atoms with Gasteiger partial charge >= 0.3 is 5.97 Å². The van der Waals surface area contributed by atoms with Gasteiger partial charge in [-0.15, -0.1) is 21.6 Å². The number of thiophene rings is 1. The zero-order valence-corrected chi connectivity index (χ0v) is 25.4. The number of unbranched alkanes of at least 4 members (excludes halogenated alkanes) is 1. The monoisotopic (exact) mass is 601 g/mol. The number of ether oxygens (including phenoxy) is 3. The minimum Gasteiger partial charge on any atom is -0.459 e. The Hall–Kier alpha value is -3.32. The molecule has 1 N–H and O–H groups in total. The molecule has 0 fully saturated rings. The van der Waals surface area contributed by atoms with E-state index in [-0.39, 0.29) is 47.0 Å². The molecule has 0 aliphatic rings. The molecule has 0 radical (unpaired) electrons. The molecule has 1 aromatic carbocycles. The summed E-state index contributed by atoms with van der Waals surface area (Å²) in [7, 11) is 0. The first-order valence-corrected chi connectivity index (χ1v) is 14.5. The van der Waals surface area contributed by atoms with Crippen molar-refractivity contribution in [1.29, 1.82) is 10.5 Å². The summed E-state index contributed by atoms with van der Waals surface area (Å²) in [6.45, 7) is 10.3. The Labute approximate surface area is 250 Å².